The third-order valence-electron chi connectivity index (χ3n) is 3.16. The Kier molecular flexibility index (Phi) is 3.80. The first-order chi connectivity index (χ1) is 8.87. The van der Waals surface area contributed by atoms with Gasteiger partial charge in [0.15, 0.2) is 11.6 Å². The fourth-order valence-electron chi connectivity index (χ4n) is 2.11. The van der Waals surface area contributed by atoms with Crippen molar-refractivity contribution in [3.05, 3.63) is 6.33 Å². The summed E-state index contributed by atoms with van der Waals surface area (Å²) in [5, 5.41) is 3.32. The van der Waals surface area contributed by atoms with Crippen molar-refractivity contribution in [2.75, 3.05) is 49.2 Å². The van der Waals surface area contributed by atoms with Gasteiger partial charge < -0.3 is 20.9 Å². The molecule has 2 heterocycles. The van der Waals surface area contributed by atoms with Gasteiger partial charge in [0, 0.05) is 31.7 Å². The number of likely N-dealkylation sites (N-methyl/N-ethyl adjacent to an activating group) is 1. The van der Waals surface area contributed by atoms with Crippen LogP contribution in [0.25, 0.3) is 0 Å². The lowest BCUT2D eigenvalue weighted by molar-refractivity contribution is 0.312. The van der Waals surface area contributed by atoms with E-state index < -0.39 is 0 Å². The van der Waals surface area contributed by atoms with Crippen LogP contribution in [-0.2, 0) is 0 Å². The van der Waals surface area contributed by atoms with Crippen LogP contribution in [0.4, 0.5) is 17.3 Å². The van der Waals surface area contributed by atoms with Crippen molar-refractivity contribution in [2.24, 2.45) is 0 Å². The van der Waals surface area contributed by atoms with Gasteiger partial charge in [0.1, 0.15) is 12.0 Å². The SMILES string of the molecule is CN1CCN(c2ncnc(NC(C)(C)C)c2N)CC1. The van der Waals surface area contributed by atoms with Crippen LogP contribution in [0.5, 0.6) is 0 Å². The zero-order chi connectivity index (χ0) is 14.0. The summed E-state index contributed by atoms with van der Waals surface area (Å²) in [4.78, 5) is 13.1. The van der Waals surface area contributed by atoms with Crippen LogP contribution < -0.4 is 16.0 Å². The summed E-state index contributed by atoms with van der Waals surface area (Å²) >= 11 is 0. The van der Waals surface area contributed by atoms with Gasteiger partial charge in [-0.3, -0.25) is 0 Å². The molecular weight excluding hydrogens is 240 g/mol. The highest BCUT2D eigenvalue weighted by atomic mass is 15.3. The van der Waals surface area contributed by atoms with Crippen LogP contribution in [0.2, 0.25) is 0 Å². The fraction of sp³-hybridized carbons (Fsp3) is 0.692. The third-order valence-corrected chi connectivity index (χ3v) is 3.16. The fourth-order valence-corrected chi connectivity index (χ4v) is 2.11. The molecule has 0 atom stereocenters. The number of hydrogen-bond donors (Lipinski definition) is 2. The highest BCUT2D eigenvalue weighted by Crippen LogP contribution is 2.28. The number of nitrogens with two attached hydrogens (primary N) is 1. The van der Waals surface area contributed by atoms with E-state index in [1.165, 1.54) is 0 Å². The van der Waals surface area contributed by atoms with Crippen molar-refractivity contribution in [1.82, 2.24) is 14.9 Å². The standard InChI is InChI=1S/C13H24N6/c1-13(2,3)17-11-10(14)12(16-9-15-11)19-7-5-18(4)6-8-19/h9H,5-8,14H2,1-4H3,(H,15,16,17). The van der Waals surface area contributed by atoms with Gasteiger partial charge in [-0.25, -0.2) is 9.97 Å². The van der Waals surface area contributed by atoms with Crippen molar-refractivity contribution < 1.29 is 0 Å². The van der Waals surface area contributed by atoms with E-state index in [-0.39, 0.29) is 5.54 Å². The Labute approximate surface area is 115 Å². The van der Waals surface area contributed by atoms with Crippen molar-refractivity contribution >= 4 is 17.3 Å². The van der Waals surface area contributed by atoms with Gasteiger partial charge in [-0.15, -0.1) is 0 Å². The van der Waals surface area contributed by atoms with Crippen molar-refractivity contribution in [2.45, 2.75) is 26.3 Å². The van der Waals surface area contributed by atoms with Crippen molar-refractivity contribution in [3.63, 3.8) is 0 Å². The molecule has 106 valence electrons. The van der Waals surface area contributed by atoms with Gasteiger partial charge >= 0.3 is 0 Å². The Hall–Kier alpha value is -1.56. The summed E-state index contributed by atoms with van der Waals surface area (Å²) in [6.07, 6.45) is 1.58. The molecule has 0 aromatic carbocycles. The van der Waals surface area contributed by atoms with Gasteiger partial charge in [0.2, 0.25) is 0 Å². The summed E-state index contributed by atoms with van der Waals surface area (Å²) in [6.45, 7) is 10.2. The Morgan fingerprint density at radius 2 is 1.79 bits per heavy atom. The second-order valence-corrected chi connectivity index (χ2v) is 6.12. The average molecular weight is 264 g/mol. The summed E-state index contributed by atoms with van der Waals surface area (Å²) < 4.78 is 0. The van der Waals surface area contributed by atoms with Gasteiger partial charge in [-0.1, -0.05) is 0 Å². The maximum absolute atomic E-state index is 6.21. The topological polar surface area (TPSA) is 70.3 Å². The number of nitrogens with zero attached hydrogens (tertiary/aromatic N) is 4. The predicted octanol–water partition coefficient (Wildman–Crippen LogP) is 1.02. The molecule has 0 aliphatic carbocycles. The lowest BCUT2D eigenvalue weighted by atomic mass is 10.1. The number of nitrogens with one attached hydrogen (secondary N) is 1. The Morgan fingerprint density at radius 1 is 1.16 bits per heavy atom. The molecule has 1 aliphatic heterocycles. The average Bonchev–Trinajstić information content (AvgIpc) is 2.32. The molecule has 1 aromatic heterocycles. The summed E-state index contributed by atoms with van der Waals surface area (Å²) in [6, 6.07) is 0. The molecule has 0 amide bonds. The van der Waals surface area contributed by atoms with E-state index in [2.05, 4.69) is 52.9 Å². The second-order valence-electron chi connectivity index (χ2n) is 6.12. The quantitative estimate of drug-likeness (QED) is 0.831. The monoisotopic (exact) mass is 264 g/mol. The molecular formula is C13H24N6. The maximum Gasteiger partial charge on any atom is 0.157 e. The third kappa shape index (κ3) is 3.47. The number of rotatable bonds is 2. The smallest absolute Gasteiger partial charge is 0.157 e. The first-order valence-corrected chi connectivity index (χ1v) is 6.69. The Balaban J connectivity index is 2.20. The maximum atomic E-state index is 6.21. The van der Waals surface area contributed by atoms with Crippen LogP contribution in [0, 0.1) is 0 Å². The molecule has 6 heteroatoms. The van der Waals surface area contributed by atoms with Gasteiger partial charge in [-0.2, -0.15) is 0 Å². The molecule has 1 aromatic rings. The minimum atomic E-state index is -0.0676. The van der Waals surface area contributed by atoms with Gasteiger partial charge in [0.25, 0.3) is 0 Å². The number of nitrogen functional groups attached to an aromatic ring is 1. The summed E-state index contributed by atoms with van der Waals surface area (Å²) in [5.41, 5.74) is 6.79. The van der Waals surface area contributed by atoms with Crippen LogP contribution in [0.3, 0.4) is 0 Å². The molecule has 19 heavy (non-hydrogen) atoms. The molecule has 6 nitrogen and oxygen atoms in total. The first kappa shape index (κ1) is 13.9. The highest BCUT2D eigenvalue weighted by Gasteiger charge is 2.21. The van der Waals surface area contributed by atoms with E-state index in [4.69, 9.17) is 5.73 Å². The molecule has 0 bridgehead atoms. The molecule has 3 N–H and O–H groups in total. The lowest BCUT2D eigenvalue weighted by Crippen LogP contribution is -2.45. The normalized spacial score (nSPS) is 17.6. The number of anilines is 3. The first-order valence-electron chi connectivity index (χ1n) is 6.69. The molecule has 2 rings (SSSR count). The molecule has 0 saturated carbocycles. The van der Waals surface area contributed by atoms with E-state index in [0.717, 1.165) is 37.8 Å². The zero-order valence-corrected chi connectivity index (χ0v) is 12.3. The van der Waals surface area contributed by atoms with Crippen molar-refractivity contribution in [3.8, 4) is 0 Å². The number of hydrogen-bond acceptors (Lipinski definition) is 6. The van der Waals surface area contributed by atoms with Gasteiger partial charge in [-0.05, 0) is 27.8 Å². The molecule has 1 aliphatic rings. The summed E-state index contributed by atoms with van der Waals surface area (Å²) in [7, 11) is 2.13. The number of piperazine rings is 1. The Morgan fingerprint density at radius 3 is 2.37 bits per heavy atom. The van der Waals surface area contributed by atoms with Crippen LogP contribution in [-0.4, -0.2) is 53.6 Å². The minimum absolute atomic E-state index is 0.0676. The largest absolute Gasteiger partial charge is 0.393 e. The van der Waals surface area contributed by atoms with Gasteiger partial charge in [0.05, 0.1) is 0 Å². The van der Waals surface area contributed by atoms with Crippen molar-refractivity contribution in [1.29, 1.82) is 0 Å². The molecule has 0 unspecified atom stereocenters. The van der Waals surface area contributed by atoms with E-state index in [1.54, 1.807) is 6.33 Å². The Bertz CT molecular complexity index is 431. The zero-order valence-electron chi connectivity index (χ0n) is 12.3. The number of aromatic nitrogens is 2. The molecule has 0 radical (unpaired) electrons. The second kappa shape index (κ2) is 5.21. The highest BCUT2D eigenvalue weighted by molar-refractivity contribution is 5.75. The minimum Gasteiger partial charge on any atom is -0.393 e. The summed E-state index contributed by atoms with van der Waals surface area (Å²) in [5.74, 6) is 1.56. The van der Waals surface area contributed by atoms with Crippen LogP contribution in [0.15, 0.2) is 6.33 Å². The van der Waals surface area contributed by atoms with E-state index in [0.29, 0.717) is 5.69 Å². The van der Waals surface area contributed by atoms with E-state index in [9.17, 15) is 0 Å². The lowest BCUT2D eigenvalue weighted by Gasteiger charge is -2.34. The molecule has 1 fully saturated rings. The molecule has 0 spiro atoms. The molecule has 1 saturated heterocycles. The van der Waals surface area contributed by atoms with Crippen LogP contribution >= 0.6 is 0 Å². The van der Waals surface area contributed by atoms with Crippen LogP contribution in [0.1, 0.15) is 20.8 Å². The predicted molar refractivity (Wildman–Crippen MR) is 79.5 cm³/mol. The van der Waals surface area contributed by atoms with E-state index in [1.807, 2.05) is 0 Å². The van der Waals surface area contributed by atoms with E-state index >= 15 is 0 Å².